The monoisotopic (exact) mass is 305 g/mol. The van der Waals surface area contributed by atoms with Gasteiger partial charge >= 0.3 is 0 Å². The lowest BCUT2D eigenvalue weighted by molar-refractivity contribution is 0.269. The van der Waals surface area contributed by atoms with Crippen molar-refractivity contribution in [3.63, 3.8) is 0 Å². The molecule has 1 N–H and O–H groups in total. The number of nitrogens with one attached hydrogen (secondary N) is 1. The summed E-state index contributed by atoms with van der Waals surface area (Å²) >= 11 is 0. The van der Waals surface area contributed by atoms with Crippen LogP contribution in [0.2, 0.25) is 0 Å². The van der Waals surface area contributed by atoms with E-state index in [1.807, 2.05) is 19.1 Å². The zero-order valence-corrected chi connectivity index (χ0v) is 13.7. The minimum atomic E-state index is -3.43. The Morgan fingerprint density at radius 2 is 1.81 bits per heavy atom. The van der Waals surface area contributed by atoms with Gasteiger partial charge in [-0.3, -0.25) is 0 Å². The number of aryl methyl sites for hydroxylation is 1. The molecule has 0 aliphatic heterocycles. The van der Waals surface area contributed by atoms with Gasteiger partial charge in [0.25, 0.3) is 0 Å². The molecule has 3 rings (SSSR count). The summed E-state index contributed by atoms with van der Waals surface area (Å²) in [6.07, 6.45) is 1.98. The first-order chi connectivity index (χ1) is 9.72. The Morgan fingerprint density at radius 1 is 1.19 bits per heavy atom. The first kappa shape index (κ1) is 14.8. The van der Waals surface area contributed by atoms with Crippen molar-refractivity contribution in [1.29, 1.82) is 0 Å². The summed E-state index contributed by atoms with van der Waals surface area (Å²) in [5.41, 5.74) is 2.41. The Kier molecular flexibility index (Phi) is 3.30. The summed E-state index contributed by atoms with van der Waals surface area (Å²) < 4.78 is 27.9. The molecule has 0 spiro atoms. The minimum Gasteiger partial charge on any atom is -0.207 e. The van der Waals surface area contributed by atoms with Crippen LogP contribution in [0.5, 0.6) is 0 Å². The van der Waals surface area contributed by atoms with Gasteiger partial charge in [0.1, 0.15) is 0 Å². The molecule has 1 aromatic rings. The summed E-state index contributed by atoms with van der Waals surface area (Å²) in [5, 5.41) is 0. The van der Waals surface area contributed by atoms with Gasteiger partial charge in [0.2, 0.25) is 10.0 Å². The van der Waals surface area contributed by atoms with Crippen LogP contribution in [0.25, 0.3) is 0 Å². The fourth-order valence-electron chi connectivity index (χ4n) is 3.87. The highest BCUT2D eigenvalue weighted by Gasteiger charge is 2.53. The Balaban J connectivity index is 1.79. The van der Waals surface area contributed by atoms with Crippen molar-refractivity contribution in [2.24, 2.45) is 17.3 Å². The lowest BCUT2D eigenvalue weighted by atomic mass is 9.72. The largest absolute Gasteiger partial charge is 0.240 e. The van der Waals surface area contributed by atoms with Gasteiger partial charge in [-0.25, -0.2) is 13.1 Å². The maximum Gasteiger partial charge on any atom is 0.240 e. The number of sulfonamides is 1. The van der Waals surface area contributed by atoms with Crippen LogP contribution in [0.15, 0.2) is 41.3 Å². The van der Waals surface area contributed by atoms with Crippen LogP contribution in [0.1, 0.15) is 32.3 Å². The third-order valence-electron chi connectivity index (χ3n) is 5.50. The lowest BCUT2D eigenvalue weighted by Crippen LogP contribution is -2.42. The number of fused-ring (bicyclic) bond motifs is 2. The van der Waals surface area contributed by atoms with Gasteiger partial charge in [-0.15, -0.1) is 0 Å². The Hall–Kier alpha value is -1.13. The third kappa shape index (κ3) is 2.34. The zero-order valence-electron chi connectivity index (χ0n) is 12.9. The van der Waals surface area contributed by atoms with E-state index in [9.17, 15) is 8.42 Å². The van der Waals surface area contributed by atoms with E-state index in [1.54, 1.807) is 12.1 Å². The molecule has 0 amide bonds. The van der Waals surface area contributed by atoms with Gasteiger partial charge in [-0.1, -0.05) is 43.7 Å². The molecule has 2 saturated carbocycles. The molecule has 0 aromatic heterocycles. The number of hydrogen-bond donors (Lipinski definition) is 1. The van der Waals surface area contributed by atoms with Crippen molar-refractivity contribution >= 4 is 10.0 Å². The predicted molar refractivity (Wildman–Crippen MR) is 84.4 cm³/mol. The van der Waals surface area contributed by atoms with Gasteiger partial charge in [-0.2, -0.15) is 0 Å². The van der Waals surface area contributed by atoms with E-state index in [4.69, 9.17) is 0 Å². The second-order valence-electron chi connectivity index (χ2n) is 7.06. The minimum absolute atomic E-state index is 0.00169. The molecule has 2 aliphatic rings. The first-order valence-corrected chi connectivity index (χ1v) is 8.98. The summed E-state index contributed by atoms with van der Waals surface area (Å²) in [4.78, 5) is 0.348. The highest BCUT2D eigenvalue weighted by molar-refractivity contribution is 7.89. The quantitative estimate of drug-likeness (QED) is 0.871. The van der Waals surface area contributed by atoms with Crippen molar-refractivity contribution < 1.29 is 8.42 Å². The van der Waals surface area contributed by atoms with E-state index < -0.39 is 10.0 Å². The fourth-order valence-corrected chi connectivity index (χ4v) is 5.16. The van der Waals surface area contributed by atoms with Crippen LogP contribution in [0.4, 0.5) is 0 Å². The summed E-state index contributed by atoms with van der Waals surface area (Å²) in [6, 6.07) is 7.00. The van der Waals surface area contributed by atoms with Crippen molar-refractivity contribution in [3.8, 4) is 0 Å². The molecule has 2 bridgehead atoms. The van der Waals surface area contributed by atoms with Gasteiger partial charge in [-0.05, 0) is 49.1 Å². The number of rotatable bonds is 3. The molecule has 0 radical (unpaired) electrons. The molecule has 21 heavy (non-hydrogen) atoms. The molecule has 3 unspecified atom stereocenters. The van der Waals surface area contributed by atoms with Crippen molar-refractivity contribution in [2.45, 2.75) is 44.6 Å². The molecule has 2 aliphatic carbocycles. The molecule has 1 aromatic carbocycles. The topological polar surface area (TPSA) is 46.2 Å². The van der Waals surface area contributed by atoms with Gasteiger partial charge in [0.05, 0.1) is 4.90 Å². The molecular formula is C17H23NO2S. The standard InChI is InChI=1S/C17H23NO2S/c1-11-5-7-14(8-6-11)21(19,20)18-16-10-13-9-15(16)12(2)17(13,3)4/h5-8,13,15-16,18H,2,9-10H2,1,3-4H3. The molecule has 3 nitrogen and oxygen atoms in total. The molecular weight excluding hydrogens is 282 g/mol. The van der Waals surface area contributed by atoms with Gasteiger partial charge < -0.3 is 0 Å². The average molecular weight is 305 g/mol. The van der Waals surface area contributed by atoms with E-state index in [0.29, 0.717) is 10.8 Å². The molecule has 4 heteroatoms. The first-order valence-electron chi connectivity index (χ1n) is 7.50. The predicted octanol–water partition coefficient (Wildman–Crippen LogP) is 3.26. The Bertz CT molecular complexity index is 673. The van der Waals surface area contributed by atoms with E-state index >= 15 is 0 Å². The van der Waals surface area contributed by atoms with Crippen LogP contribution in [-0.2, 0) is 10.0 Å². The van der Waals surface area contributed by atoms with Crippen LogP contribution < -0.4 is 4.72 Å². The summed E-state index contributed by atoms with van der Waals surface area (Å²) in [5.74, 6) is 0.825. The van der Waals surface area contributed by atoms with Crippen LogP contribution in [0, 0.1) is 24.2 Å². The maximum atomic E-state index is 12.5. The van der Waals surface area contributed by atoms with Gasteiger partial charge in [0, 0.05) is 6.04 Å². The van der Waals surface area contributed by atoms with E-state index in [1.165, 1.54) is 5.57 Å². The molecule has 3 atom stereocenters. The van der Waals surface area contributed by atoms with Crippen molar-refractivity contribution in [3.05, 3.63) is 42.0 Å². The van der Waals surface area contributed by atoms with Crippen molar-refractivity contribution in [2.75, 3.05) is 0 Å². The van der Waals surface area contributed by atoms with Crippen molar-refractivity contribution in [1.82, 2.24) is 4.72 Å². The molecule has 0 heterocycles. The van der Waals surface area contributed by atoms with E-state index in [-0.39, 0.29) is 17.4 Å². The molecule has 114 valence electrons. The second kappa shape index (κ2) is 4.68. The average Bonchev–Trinajstić information content (AvgIpc) is 2.89. The summed E-state index contributed by atoms with van der Waals surface area (Å²) in [7, 11) is -3.43. The lowest BCUT2D eigenvalue weighted by Gasteiger charge is -2.36. The third-order valence-corrected chi connectivity index (χ3v) is 7.00. The van der Waals surface area contributed by atoms with Crippen LogP contribution in [-0.4, -0.2) is 14.5 Å². The van der Waals surface area contributed by atoms with Crippen LogP contribution in [0.3, 0.4) is 0 Å². The number of hydrogen-bond acceptors (Lipinski definition) is 2. The van der Waals surface area contributed by atoms with Gasteiger partial charge in [0.15, 0.2) is 0 Å². The van der Waals surface area contributed by atoms with E-state index in [2.05, 4.69) is 25.1 Å². The van der Waals surface area contributed by atoms with E-state index in [0.717, 1.165) is 18.4 Å². The Morgan fingerprint density at radius 3 is 2.33 bits per heavy atom. The maximum absolute atomic E-state index is 12.5. The second-order valence-corrected chi connectivity index (χ2v) is 8.78. The smallest absolute Gasteiger partial charge is 0.207 e. The fraction of sp³-hybridized carbons (Fsp3) is 0.529. The van der Waals surface area contributed by atoms with Crippen LogP contribution >= 0.6 is 0 Å². The Labute approximate surface area is 127 Å². The SMILES string of the molecule is C=C1C2CC(CC2NS(=O)(=O)c2ccc(C)cc2)C1(C)C. The molecule has 2 fully saturated rings. The highest BCUT2D eigenvalue weighted by Crippen LogP contribution is 2.58. The summed E-state index contributed by atoms with van der Waals surface area (Å²) in [6.45, 7) is 10.6. The normalized spacial score (nSPS) is 30.8. The highest BCUT2D eigenvalue weighted by atomic mass is 32.2. The number of benzene rings is 1. The zero-order chi connectivity index (χ0) is 15.4. The molecule has 0 saturated heterocycles.